The van der Waals surface area contributed by atoms with Crippen molar-refractivity contribution in [2.45, 2.75) is 13.3 Å². The summed E-state index contributed by atoms with van der Waals surface area (Å²) in [4.78, 5) is 12.0. The lowest BCUT2D eigenvalue weighted by Crippen LogP contribution is -2.14. The second-order valence-corrected chi connectivity index (χ2v) is 4.51. The first-order chi connectivity index (χ1) is 9.11. The monoisotopic (exact) mass is 277 g/mol. The number of aryl methyl sites for hydroxylation is 1. The number of amides is 1. The van der Waals surface area contributed by atoms with Crippen LogP contribution in [0.4, 0.5) is 10.1 Å². The van der Waals surface area contributed by atoms with E-state index in [1.165, 1.54) is 23.8 Å². The van der Waals surface area contributed by atoms with Crippen molar-refractivity contribution in [3.05, 3.63) is 64.4 Å². The minimum atomic E-state index is -0.629. The molecule has 0 atom stereocenters. The van der Waals surface area contributed by atoms with E-state index >= 15 is 0 Å². The fraction of sp³-hybridized carbons (Fsp3) is 0.133. The lowest BCUT2D eigenvalue weighted by Gasteiger charge is -2.08. The summed E-state index contributed by atoms with van der Waals surface area (Å²) in [5.41, 5.74) is 1.65. The maximum Gasteiger partial charge on any atom is 0.260 e. The van der Waals surface area contributed by atoms with Crippen molar-refractivity contribution < 1.29 is 9.18 Å². The van der Waals surface area contributed by atoms with E-state index in [4.69, 9.17) is 11.6 Å². The van der Waals surface area contributed by atoms with Crippen LogP contribution in [0.1, 0.15) is 22.8 Å². The van der Waals surface area contributed by atoms with Gasteiger partial charge in [0.15, 0.2) is 0 Å². The van der Waals surface area contributed by atoms with Gasteiger partial charge in [0.2, 0.25) is 0 Å². The molecule has 0 aliphatic rings. The van der Waals surface area contributed by atoms with Crippen LogP contribution < -0.4 is 5.32 Å². The van der Waals surface area contributed by atoms with E-state index in [9.17, 15) is 9.18 Å². The van der Waals surface area contributed by atoms with E-state index in [0.717, 1.165) is 6.42 Å². The van der Waals surface area contributed by atoms with Gasteiger partial charge in [0.1, 0.15) is 5.82 Å². The maximum atomic E-state index is 13.6. The summed E-state index contributed by atoms with van der Waals surface area (Å²) in [6.07, 6.45) is 0.924. The minimum absolute atomic E-state index is 0.0997. The first-order valence-corrected chi connectivity index (χ1v) is 6.34. The molecule has 0 aromatic heterocycles. The van der Waals surface area contributed by atoms with Crippen molar-refractivity contribution in [1.29, 1.82) is 0 Å². The molecule has 0 unspecified atom stereocenters. The Hall–Kier alpha value is -1.87. The Bertz CT molecular complexity index is 575. The Morgan fingerprint density at radius 3 is 2.47 bits per heavy atom. The van der Waals surface area contributed by atoms with Gasteiger partial charge >= 0.3 is 0 Å². The van der Waals surface area contributed by atoms with E-state index in [1.54, 1.807) is 12.1 Å². The molecule has 98 valence electrons. The smallest absolute Gasteiger partial charge is 0.260 e. The van der Waals surface area contributed by atoms with Crippen LogP contribution in [0.2, 0.25) is 5.02 Å². The first-order valence-electron chi connectivity index (χ1n) is 5.96. The Morgan fingerprint density at radius 2 is 1.89 bits per heavy atom. The van der Waals surface area contributed by atoms with Gasteiger partial charge in [-0.2, -0.15) is 0 Å². The van der Waals surface area contributed by atoms with Crippen LogP contribution in [0.25, 0.3) is 0 Å². The first kappa shape index (κ1) is 13.6. The third-order valence-corrected chi connectivity index (χ3v) is 3.12. The second kappa shape index (κ2) is 5.85. The molecule has 1 N–H and O–H groups in total. The highest BCUT2D eigenvalue weighted by Crippen LogP contribution is 2.20. The second-order valence-electron chi connectivity index (χ2n) is 4.10. The molecule has 0 heterocycles. The van der Waals surface area contributed by atoms with E-state index in [1.807, 2.05) is 19.1 Å². The summed E-state index contributed by atoms with van der Waals surface area (Å²) in [6, 6.07) is 11.6. The van der Waals surface area contributed by atoms with Gasteiger partial charge in [0.05, 0.1) is 10.6 Å². The zero-order valence-electron chi connectivity index (χ0n) is 10.4. The zero-order chi connectivity index (χ0) is 13.8. The predicted octanol–water partition coefficient (Wildman–Crippen LogP) is 4.29. The van der Waals surface area contributed by atoms with Crippen LogP contribution in [-0.2, 0) is 6.42 Å². The molecule has 0 radical (unpaired) electrons. The molecule has 19 heavy (non-hydrogen) atoms. The average molecular weight is 278 g/mol. The summed E-state index contributed by atoms with van der Waals surface area (Å²) >= 11 is 5.84. The van der Waals surface area contributed by atoms with Crippen molar-refractivity contribution in [3.8, 4) is 0 Å². The molecule has 2 aromatic rings. The molecule has 2 nitrogen and oxygen atoms in total. The SMILES string of the molecule is CCc1ccc(NC(=O)c2c(F)cccc2Cl)cc1. The number of rotatable bonds is 3. The highest BCUT2D eigenvalue weighted by molar-refractivity contribution is 6.34. The van der Waals surface area contributed by atoms with Gasteiger partial charge in [-0.15, -0.1) is 0 Å². The fourth-order valence-electron chi connectivity index (χ4n) is 1.73. The maximum absolute atomic E-state index is 13.6. The topological polar surface area (TPSA) is 29.1 Å². The summed E-state index contributed by atoms with van der Waals surface area (Å²) in [6.45, 7) is 2.05. The highest BCUT2D eigenvalue weighted by atomic mass is 35.5. The molecule has 0 saturated carbocycles. The molecule has 0 saturated heterocycles. The molecule has 1 amide bonds. The van der Waals surface area contributed by atoms with Crippen LogP contribution in [0.3, 0.4) is 0 Å². The number of carbonyl (C=O) groups is 1. The normalized spacial score (nSPS) is 10.3. The van der Waals surface area contributed by atoms with Gasteiger partial charge in [0.25, 0.3) is 5.91 Å². The van der Waals surface area contributed by atoms with E-state index < -0.39 is 11.7 Å². The van der Waals surface area contributed by atoms with Crippen molar-refractivity contribution in [1.82, 2.24) is 0 Å². The van der Waals surface area contributed by atoms with Crippen molar-refractivity contribution in [2.24, 2.45) is 0 Å². The summed E-state index contributed by atoms with van der Waals surface area (Å²) in [7, 11) is 0. The van der Waals surface area contributed by atoms with Gasteiger partial charge in [-0.25, -0.2) is 4.39 Å². The Balaban J connectivity index is 2.21. The average Bonchev–Trinajstić information content (AvgIpc) is 2.39. The number of hydrogen-bond acceptors (Lipinski definition) is 1. The largest absolute Gasteiger partial charge is 0.322 e. The molecule has 4 heteroatoms. The van der Waals surface area contributed by atoms with Gasteiger partial charge in [0, 0.05) is 5.69 Å². The van der Waals surface area contributed by atoms with Gasteiger partial charge < -0.3 is 5.32 Å². The van der Waals surface area contributed by atoms with E-state index in [2.05, 4.69) is 5.32 Å². The molecule has 2 rings (SSSR count). The predicted molar refractivity (Wildman–Crippen MR) is 75.2 cm³/mol. The third kappa shape index (κ3) is 3.12. The van der Waals surface area contributed by atoms with Gasteiger partial charge in [-0.05, 0) is 36.2 Å². The molecule has 0 fully saturated rings. The van der Waals surface area contributed by atoms with Crippen LogP contribution in [0.5, 0.6) is 0 Å². The van der Waals surface area contributed by atoms with Crippen LogP contribution in [0.15, 0.2) is 42.5 Å². The molecular formula is C15H13ClFNO. The van der Waals surface area contributed by atoms with Crippen molar-refractivity contribution in [2.75, 3.05) is 5.32 Å². The Labute approximate surface area is 116 Å². The number of benzene rings is 2. The molecular weight excluding hydrogens is 265 g/mol. The van der Waals surface area contributed by atoms with Crippen molar-refractivity contribution in [3.63, 3.8) is 0 Å². The molecule has 0 aliphatic heterocycles. The summed E-state index contributed by atoms with van der Waals surface area (Å²) < 4.78 is 13.6. The van der Waals surface area contributed by atoms with Crippen molar-refractivity contribution >= 4 is 23.2 Å². The lowest BCUT2D eigenvalue weighted by molar-refractivity contribution is 0.102. The number of carbonyl (C=O) groups excluding carboxylic acids is 1. The van der Waals surface area contributed by atoms with E-state index in [0.29, 0.717) is 5.69 Å². The molecule has 0 aliphatic carbocycles. The van der Waals surface area contributed by atoms with Gasteiger partial charge in [-0.3, -0.25) is 4.79 Å². The quantitative estimate of drug-likeness (QED) is 0.891. The molecule has 2 aromatic carbocycles. The highest BCUT2D eigenvalue weighted by Gasteiger charge is 2.15. The molecule has 0 bridgehead atoms. The number of anilines is 1. The number of hydrogen-bond donors (Lipinski definition) is 1. The lowest BCUT2D eigenvalue weighted by atomic mass is 10.1. The zero-order valence-corrected chi connectivity index (χ0v) is 11.2. The Kier molecular flexibility index (Phi) is 4.17. The number of nitrogens with one attached hydrogen (secondary N) is 1. The minimum Gasteiger partial charge on any atom is -0.322 e. The van der Waals surface area contributed by atoms with E-state index in [-0.39, 0.29) is 10.6 Å². The summed E-state index contributed by atoms with van der Waals surface area (Å²) in [5, 5.41) is 2.73. The number of halogens is 2. The van der Waals surface area contributed by atoms with Crippen LogP contribution in [-0.4, -0.2) is 5.91 Å². The third-order valence-electron chi connectivity index (χ3n) is 2.81. The van der Waals surface area contributed by atoms with Crippen LogP contribution in [0, 0.1) is 5.82 Å². The Morgan fingerprint density at radius 1 is 1.21 bits per heavy atom. The summed E-state index contributed by atoms with van der Waals surface area (Å²) in [5.74, 6) is -1.18. The van der Waals surface area contributed by atoms with Gasteiger partial charge in [-0.1, -0.05) is 36.7 Å². The fourth-order valence-corrected chi connectivity index (χ4v) is 1.98. The molecule has 0 spiro atoms. The van der Waals surface area contributed by atoms with Crippen LogP contribution >= 0.6 is 11.6 Å². The standard InChI is InChI=1S/C15H13ClFNO/c1-2-10-6-8-11(9-7-10)18-15(19)14-12(16)4-3-5-13(14)17/h3-9H,2H2,1H3,(H,18,19).